The van der Waals surface area contributed by atoms with E-state index in [1.165, 1.54) is 7.11 Å². The summed E-state index contributed by atoms with van der Waals surface area (Å²) in [5.41, 5.74) is 10.8. The van der Waals surface area contributed by atoms with Crippen molar-refractivity contribution >= 4 is 61.4 Å². The summed E-state index contributed by atoms with van der Waals surface area (Å²) >= 11 is 0. The number of aliphatic hydroxyl groups is 2. The van der Waals surface area contributed by atoms with Crippen LogP contribution in [0.1, 0.15) is 46.2 Å². The maximum atomic E-state index is 13.5. The highest BCUT2D eigenvalue weighted by Crippen LogP contribution is 2.46. The number of halogens is 2. The third-order valence-electron chi connectivity index (χ3n) is 9.26. The van der Waals surface area contributed by atoms with Crippen LogP contribution in [0.5, 0.6) is 0 Å². The predicted molar refractivity (Wildman–Crippen MR) is 167 cm³/mol. The number of esters is 1. The van der Waals surface area contributed by atoms with Gasteiger partial charge in [0.05, 0.1) is 40.8 Å². The molecule has 0 aliphatic carbocycles. The number of methoxy groups -OCH3 is 1. The molecule has 7 rings (SSSR count). The number of aliphatic hydroxyl groups excluding tert-OH is 2. The van der Waals surface area contributed by atoms with Crippen molar-refractivity contribution in [2.75, 3.05) is 20.3 Å². The van der Waals surface area contributed by atoms with Gasteiger partial charge in [0, 0.05) is 40.6 Å². The molecular weight excluding hydrogens is 665 g/mol. The Morgan fingerprint density at radius 1 is 1.00 bits per heavy atom. The zero-order valence-corrected chi connectivity index (χ0v) is 27.6. The Morgan fingerprint density at radius 3 is 2.35 bits per heavy atom. The number of nitrogens with one attached hydrogen (secondary N) is 2. The molecule has 10 N–H and O–H groups in total. The third kappa shape index (κ3) is 5.40. The second kappa shape index (κ2) is 14.0. The summed E-state index contributed by atoms with van der Waals surface area (Å²) in [5, 5.41) is 27.0. The van der Waals surface area contributed by atoms with Crippen molar-refractivity contribution in [1.29, 1.82) is 0 Å². The molecule has 13 nitrogen and oxygen atoms in total. The summed E-state index contributed by atoms with van der Waals surface area (Å²) in [5.74, 6) is -1.63. The Hall–Kier alpha value is -3.79. The van der Waals surface area contributed by atoms with Gasteiger partial charge >= 0.3 is 5.97 Å². The smallest absolute Gasteiger partial charge is 0.365 e. The first-order chi connectivity index (χ1) is 22.3. The number of unbranched alkanes of at least 4 members (excludes halogenated alkanes) is 1. The lowest BCUT2D eigenvalue weighted by atomic mass is 9.96. The zero-order chi connectivity index (χ0) is 32.3. The minimum absolute atomic E-state index is 0. The number of aromatic nitrogens is 2. The average molecular weight is 703 g/mol. The molecule has 256 valence electrons. The van der Waals surface area contributed by atoms with Crippen LogP contribution in [0.4, 0.5) is 0 Å². The van der Waals surface area contributed by atoms with E-state index >= 15 is 0 Å². The minimum Gasteiger partial charge on any atom is -1.00 e. The molecule has 1 saturated heterocycles. The van der Waals surface area contributed by atoms with Crippen LogP contribution in [-0.4, -0.2) is 88.3 Å². The maximum Gasteiger partial charge on any atom is 0.365 e. The number of hydrogen-bond acceptors (Lipinski definition) is 8. The number of rotatable bonds is 9. The lowest BCUT2D eigenvalue weighted by Crippen LogP contribution is -3.00. The SMILES string of the molecule is CO[C@H]1[C@H](O)[C@@H](OC(=O)[C@@H]([NH3+])CCCC[NH3+])[C@H](n2c3ccccc3c3c4c(c5c6ccccc6[nH]c5c32)C(=O)NC4=O)O[C@@H]1CO.[Cl-].[Cl-]. The molecule has 0 spiro atoms. The molecule has 0 radical (unpaired) electrons. The van der Waals surface area contributed by atoms with E-state index in [1.807, 2.05) is 48.5 Å². The molecular formula is C33H37Cl2N5O8. The van der Waals surface area contributed by atoms with Gasteiger partial charge in [0.2, 0.25) is 0 Å². The van der Waals surface area contributed by atoms with Crippen molar-refractivity contribution in [2.45, 2.75) is 55.9 Å². The molecule has 4 heterocycles. The van der Waals surface area contributed by atoms with E-state index in [0.29, 0.717) is 39.1 Å². The Bertz CT molecular complexity index is 2030. The summed E-state index contributed by atoms with van der Waals surface area (Å²) in [7, 11) is 1.38. The van der Waals surface area contributed by atoms with Gasteiger partial charge in [0.1, 0.15) is 18.3 Å². The second-order valence-corrected chi connectivity index (χ2v) is 12.0. The fraction of sp³-hybridized carbons (Fsp3) is 0.364. The summed E-state index contributed by atoms with van der Waals surface area (Å²) in [6.07, 6.45) is -3.80. The van der Waals surface area contributed by atoms with E-state index in [9.17, 15) is 24.6 Å². The number of fused-ring (bicyclic) bond motifs is 10. The van der Waals surface area contributed by atoms with Crippen molar-refractivity contribution in [1.82, 2.24) is 14.9 Å². The molecule has 1 fully saturated rings. The van der Waals surface area contributed by atoms with Gasteiger partial charge in [0.25, 0.3) is 11.8 Å². The molecule has 2 aliphatic rings. The number of amides is 2. The largest absolute Gasteiger partial charge is 1.00 e. The lowest BCUT2D eigenvalue weighted by molar-refractivity contribution is -0.412. The number of imide groups is 1. The molecule has 5 aromatic rings. The standard InChI is InChI=1S/C33H35N5O8.2ClH/c1-44-28-20(14-39)45-32(29(27(28)40)46-33(43)17(35)10-6-7-13-34)38-19-12-5-3-9-16(19)22-24-23(30(41)37-31(24)42)21-15-8-2-4-11-18(15)36-25(21)26(22)38;;/h2-5,8-9,11-12,17,20,27-29,32,36,39-40H,6-7,10,13-14,34-35H2,1H3,(H,37,41,42);2*1H/t17-,20+,27-,28+,29+,32+;;/m0../s1. The van der Waals surface area contributed by atoms with E-state index < -0.39 is 61.1 Å². The fourth-order valence-corrected chi connectivity index (χ4v) is 7.14. The topological polar surface area (TPSA) is 207 Å². The maximum absolute atomic E-state index is 13.5. The molecule has 2 aliphatic heterocycles. The number of para-hydroxylation sites is 2. The molecule has 0 saturated carbocycles. The van der Waals surface area contributed by atoms with Crippen LogP contribution in [0.15, 0.2) is 48.5 Å². The Morgan fingerprint density at radius 2 is 1.67 bits per heavy atom. The number of H-pyrrole nitrogens is 1. The minimum atomic E-state index is -1.40. The monoisotopic (exact) mass is 701 g/mol. The van der Waals surface area contributed by atoms with Crippen molar-refractivity contribution in [3.8, 4) is 0 Å². The van der Waals surface area contributed by atoms with Crippen LogP contribution < -0.4 is 41.6 Å². The molecule has 6 atom stereocenters. The second-order valence-electron chi connectivity index (χ2n) is 12.0. The first kappa shape index (κ1) is 35.5. The highest BCUT2D eigenvalue weighted by molar-refractivity contribution is 6.39. The molecule has 0 bridgehead atoms. The third-order valence-corrected chi connectivity index (χ3v) is 9.26. The van der Waals surface area contributed by atoms with Gasteiger partial charge in [-0.1, -0.05) is 36.4 Å². The van der Waals surface area contributed by atoms with Crippen molar-refractivity contribution in [3.63, 3.8) is 0 Å². The van der Waals surface area contributed by atoms with E-state index in [0.717, 1.165) is 30.3 Å². The highest BCUT2D eigenvalue weighted by Gasteiger charge is 2.50. The quantitative estimate of drug-likeness (QED) is 0.0495. The van der Waals surface area contributed by atoms with Crippen molar-refractivity contribution in [2.24, 2.45) is 0 Å². The van der Waals surface area contributed by atoms with E-state index in [2.05, 4.69) is 21.8 Å². The van der Waals surface area contributed by atoms with Gasteiger partial charge in [-0.15, -0.1) is 0 Å². The fourth-order valence-electron chi connectivity index (χ4n) is 7.14. The van der Waals surface area contributed by atoms with Crippen LogP contribution in [0, 0.1) is 0 Å². The van der Waals surface area contributed by atoms with Crippen LogP contribution in [0.2, 0.25) is 0 Å². The molecule has 0 unspecified atom stereocenters. The normalized spacial score (nSPS) is 22.8. The number of carbonyl (C=O) groups is 3. The van der Waals surface area contributed by atoms with Crippen LogP contribution in [0.3, 0.4) is 0 Å². The Kier molecular flexibility index (Phi) is 10.3. The van der Waals surface area contributed by atoms with Crippen LogP contribution in [0.25, 0.3) is 43.6 Å². The van der Waals surface area contributed by atoms with Gasteiger partial charge < -0.3 is 70.3 Å². The summed E-state index contributed by atoms with van der Waals surface area (Å²) < 4.78 is 19.9. The van der Waals surface area contributed by atoms with Crippen molar-refractivity contribution in [3.05, 3.63) is 59.7 Å². The summed E-state index contributed by atoms with van der Waals surface area (Å²) in [4.78, 5) is 43.7. The van der Waals surface area contributed by atoms with Crippen LogP contribution >= 0.6 is 0 Å². The zero-order valence-electron chi connectivity index (χ0n) is 26.1. The predicted octanol–water partition coefficient (Wildman–Crippen LogP) is -5.48. The summed E-state index contributed by atoms with van der Waals surface area (Å²) in [6.45, 7) is 0.251. The molecule has 3 aromatic carbocycles. The van der Waals surface area contributed by atoms with E-state index in [1.54, 1.807) is 4.57 Å². The molecule has 2 aromatic heterocycles. The lowest BCUT2D eigenvalue weighted by Gasteiger charge is -2.44. The molecule has 15 heteroatoms. The van der Waals surface area contributed by atoms with Gasteiger partial charge in [-0.3, -0.25) is 14.9 Å². The number of quaternary nitrogens is 2. The van der Waals surface area contributed by atoms with Gasteiger partial charge in [-0.25, -0.2) is 4.79 Å². The van der Waals surface area contributed by atoms with E-state index in [-0.39, 0.29) is 35.9 Å². The number of carbonyl (C=O) groups excluding carboxylic acids is 3. The summed E-state index contributed by atoms with van der Waals surface area (Å²) in [6, 6.07) is 14.1. The van der Waals surface area contributed by atoms with Gasteiger partial charge in [-0.05, 0) is 25.0 Å². The molecule has 2 amide bonds. The molecule has 48 heavy (non-hydrogen) atoms. The Balaban J connectivity index is 0.00000225. The Labute approximate surface area is 286 Å². The number of ether oxygens (including phenoxy) is 3. The first-order valence-electron chi connectivity index (χ1n) is 15.4. The number of hydrogen-bond donors (Lipinski definition) is 6. The van der Waals surface area contributed by atoms with Crippen LogP contribution in [-0.2, 0) is 19.0 Å². The number of benzene rings is 3. The number of nitrogens with zero attached hydrogens (tertiary/aromatic N) is 1. The van der Waals surface area contributed by atoms with Gasteiger partial charge in [-0.2, -0.15) is 0 Å². The first-order valence-corrected chi connectivity index (χ1v) is 15.4. The number of aromatic amines is 1. The van der Waals surface area contributed by atoms with Gasteiger partial charge in [0.15, 0.2) is 18.4 Å². The highest BCUT2D eigenvalue weighted by atomic mass is 35.5. The van der Waals surface area contributed by atoms with E-state index in [4.69, 9.17) is 14.2 Å². The average Bonchev–Trinajstić information content (AvgIpc) is 3.70. The van der Waals surface area contributed by atoms with Crippen molar-refractivity contribution < 1.29 is 75.1 Å².